The molecule has 3 aromatic carbocycles. The van der Waals surface area contributed by atoms with Crippen molar-refractivity contribution in [3.05, 3.63) is 84.4 Å². The van der Waals surface area contributed by atoms with Gasteiger partial charge >= 0.3 is 0 Å². The van der Waals surface area contributed by atoms with Gasteiger partial charge in [-0.05, 0) is 54.6 Å². The van der Waals surface area contributed by atoms with Gasteiger partial charge in [-0.2, -0.15) is 0 Å². The molecule has 0 aliphatic heterocycles. The number of amides is 1. The molecule has 0 fully saturated rings. The van der Waals surface area contributed by atoms with E-state index in [1.807, 2.05) is 61.5 Å². The van der Waals surface area contributed by atoms with Gasteiger partial charge in [-0.15, -0.1) is 0 Å². The van der Waals surface area contributed by atoms with Gasteiger partial charge in [-0.3, -0.25) is 9.59 Å². The van der Waals surface area contributed by atoms with Gasteiger partial charge in [0.1, 0.15) is 5.75 Å². The van der Waals surface area contributed by atoms with Crippen LogP contribution in [0.15, 0.2) is 78.9 Å². The number of carbonyl (C=O) groups is 2. The predicted molar refractivity (Wildman–Crippen MR) is 111 cm³/mol. The van der Waals surface area contributed by atoms with Crippen molar-refractivity contribution in [1.82, 2.24) is 0 Å². The summed E-state index contributed by atoms with van der Waals surface area (Å²) in [6.45, 7) is 1.71. The van der Waals surface area contributed by atoms with Crippen LogP contribution in [0.25, 0.3) is 0 Å². The van der Waals surface area contributed by atoms with Crippen LogP contribution < -0.4 is 15.4 Å². The van der Waals surface area contributed by atoms with Crippen molar-refractivity contribution in [1.29, 1.82) is 0 Å². The maximum absolute atomic E-state index is 12.2. The average molecular weight is 374 g/mol. The van der Waals surface area contributed by atoms with Crippen LogP contribution in [0.2, 0.25) is 0 Å². The summed E-state index contributed by atoms with van der Waals surface area (Å²) in [5.41, 5.74) is 3.17. The SMILES string of the molecule is CCC(=O)c1ccc(OCC(=O)Nc2cccc(Nc3ccccc3)c2)cc1. The van der Waals surface area contributed by atoms with Crippen molar-refractivity contribution < 1.29 is 14.3 Å². The van der Waals surface area contributed by atoms with Gasteiger partial charge in [0.15, 0.2) is 12.4 Å². The van der Waals surface area contributed by atoms with E-state index in [4.69, 9.17) is 4.74 Å². The molecule has 0 unspecified atom stereocenters. The smallest absolute Gasteiger partial charge is 0.262 e. The zero-order chi connectivity index (χ0) is 19.8. The van der Waals surface area contributed by atoms with Gasteiger partial charge in [-0.1, -0.05) is 31.2 Å². The molecule has 5 heteroatoms. The first-order chi connectivity index (χ1) is 13.6. The third-order valence-corrected chi connectivity index (χ3v) is 4.08. The Morgan fingerprint density at radius 1 is 0.821 bits per heavy atom. The topological polar surface area (TPSA) is 67.4 Å². The summed E-state index contributed by atoms with van der Waals surface area (Å²) in [6, 6.07) is 24.1. The Kier molecular flexibility index (Phi) is 6.41. The number of benzene rings is 3. The molecule has 0 saturated heterocycles. The molecule has 28 heavy (non-hydrogen) atoms. The van der Waals surface area contributed by atoms with Gasteiger partial charge in [0.05, 0.1) is 0 Å². The van der Waals surface area contributed by atoms with E-state index >= 15 is 0 Å². The average Bonchev–Trinajstić information content (AvgIpc) is 2.73. The highest BCUT2D eigenvalue weighted by Gasteiger charge is 2.06. The van der Waals surface area contributed by atoms with E-state index in [2.05, 4.69) is 10.6 Å². The van der Waals surface area contributed by atoms with E-state index in [-0.39, 0.29) is 18.3 Å². The fourth-order valence-electron chi connectivity index (χ4n) is 2.65. The third-order valence-electron chi connectivity index (χ3n) is 4.08. The number of anilines is 3. The summed E-state index contributed by atoms with van der Waals surface area (Å²) >= 11 is 0. The molecule has 3 rings (SSSR count). The Labute approximate surface area is 164 Å². The molecule has 0 spiro atoms. The molecule has 0 aromatic heterocycles. The Balaban J connectivity index is 1.53. The minimum atomic E-state index is -0.259. The molecule has 0 saturated carbocycles. The maximum Gasteiger partial charge on any atom is 0.262 e. The summed E-state index contributed by atoms with van der Waals surface area (Å²) < 4.78 is 5.50. The van der Waals surface area contributed by atoms with Crippen LogP contribution in [-0.2, 0) is 4.79 Å². The lowest BCUT2D eigenvalue weighted by Gasteiger charge is -2.10. The number of nitrogens with one attached hydrogen (secondary N) is 2. The highest BCUT2D eigenvalue weighted by Crippen LogP contribution is 2.20. The van der Waals surface area contributed by atoms with Crippen molar-refractivity contribution in [2.24, 2.45) is 0 Å². The first-order valence-corrected chi connectivity index (χ1v) is 9.12. The Morgan fingerprint density at radius 2 is 1.50 bits per heavy atom. The molecule has 1 amide bonds. The van der Waals surface area contributed by atoms with Crippen molar-refractivity contribution in [2.75, 3.05) is 17.2 Å². The maximum atomic E-state index is 12.2. The molecule has 0 heterocycles. The van der Waals surface area contributed by atoms with Crippen LogP contribution in [0, 0.1) is 0 Å². The van der Waals surface area contributed by atoms with E-state index in [0.717, 1.165) is 11.4 Å². The zero-order valence-corrected chi connectivity index (χ0v) is 15.6. The second-order valence-corrected chi connectivity index (χ2v) is 6.21. The van der Waals surface area contributed by atoms with Crippen molar-refractivity contribution >= 4 is 28.8 Å². The monoisotopic (exact) mass is 374 g/mol. The number of ether oxygens (including phenoxy) is 1. The first-order valence-electron chi connectivity index (χ1n) is 9.12. The highest BCUT2D eigenvalue weighted by atomic mass is 16.5. The number of rotatable bonds is 8. The Morgan fingerprint density at radius 3 is 2.21 bits per heavy atom. The minimum absolute atomic E-state index is 0.0771. The Bertz CT molecular complexity index is 938. The van der Waals surface area contributed by atoms with E-state index in [1.54, 1.807) is 24.3 Å². The quantitative estimate of drug-likeness (QED) is 0.542. The van der Waals surface area contributed by atoms with Gasteiger partial charge in [-0.25, -0.2) is 0 Å². The van der Waals surface area contributed by atoms with Crippen molar-refractivity contribution in [3.63, 3.8) is 0 Å². The van der Waals surface area contributed by atoms with Crippen molar-refractivity contribution in [2.45, 2.75) is 13.3 Å². The second-order valence-electron chi connectivity index (χ2n) is 6.21. The third kappa shape index (κ3) is 5.45. The van der Waals surface area contributed by atoms with Crippen molar-refractivity contribution in [3.8, 4) is 5.75 Å². The number of ketones is 1. The van der Waals surface area contributed by atoms with Crippen LogP contribution >= 0.6 is 0 Å². The van der Waals surface area contributed by atoms with Gasteiger partial charge in [0.2, 0.25) is 0 Å². The number of hydrogen-bond acceptors (Lipinski definition) is 4. The van der Waals surface area contributed by atoms with Crippen LogP contribution in [-0.4, -0.2) is 18.3 Å². The summed E-state index contributed by atoms with van der Waals surface area (Å²) in [7, 11) is 0. The van der Waals surface area contributed by atoms with E-state index in [0.29, 0.717) is 23.4 Å². The largest absolute Gasteiger partial charge is 0.484 e. The normalized spacial score (nSPS) is 10.2. The summed E-state index contributed by atoms with van der Waals surface area (Å²) in [5, 5.41) is 6.10. The zero-order valence-electron chi connectivity index (χ0n) is 15.6. The standard InChI is InChI=1S/C23H22N2O3/c1-2-22(26)17-11-13-21(14-12-17)28-16-23(27)25-20-10-6-9-19(15-20)24-18-7-4-3-5-8-18/h3-15,24H,2,16H2,1H3,(H,25,27). The molecule has 0 atom stereocenters. The lowest BCUT2D eigenvalue weighted by atomic mass is 10.1. The number of Topliss-reactive ketones (excluding diaryl/α,β-unsaturated/α-hetero) is 1. The summed E-state index contributed by atoms with van der Waals surface area (Å²) in [5.74, 6) is 0.362. The van der Waals surface area contributed by atoms with Crippen LogP contribution in [0.1, 0.15) is 23.7 Å². The second kappa shape index (κ2) is 9.37. The van der Waals surface area contributed by atoms with E-state index in [9.17, 15) is 9.59 Å². The van der Waals surface area contributed by atoms with Gasteiger partial charge < -0.3 is 15.4 Å². The van der Waals surface area contributed by atoms with Gasteiger partial charge in [0, 0.05) is 29.0 Å². The fraction of sp³-hybridized carbons (Fsp3) is 0.130. The van der Waals surface area contributed by atoms with Crippen LogP contribution in [0.5, 0.6) is 5.75 Å². The molecule has 0 radical (unpaired) electrons. The van der Waals surface area contributed by atoms with Gasteiger partial charge in [0.25, 0.3) is 5.91 Å². The summed E-state index contributed by atoms with van der Waals surface area (Å²) in [6.07, 6.45) is 0.459. The molecule has 0 aliphatic carbocycles. The van der Waals surface area contributed by atoms with Crippen LogP contribution in [0.3, 0.4) is 0 Å². The Hall–Kier alpha value is -3.60. The number of hydrogen-bond donors (Lipinski definition) is 2. The molecular formula is C23H22N2O3. The lowest BCUT2D eigenvalue weighted by molar-refractivity contribution is -0.118. The van der Waals surface area contributed by atoms with Crippen LogP contribution in [0.4, 0.5) is 17.1 Å². The molecular weight excluding hydrogens is 352 g/mol. The van der Waals surface area contributed by atoms with E-state index < -0.39 is 0 Å². The molecule has 0 bridgehead atoms. The molecule has 0 aliphatic rings. The molecule has 5 nitrogen and oxygen atoms in total. The lowest BCUT2D eigenvalue weighted by Crippen LogP contribution is -2.20. The molecule has 2 N–H and O–H groups in total. The highest BCUT2D eigenvalue weighted by molar-refractivity contribution is 5.96. The molecule has 142 valence electrons. The number of carbonyl (C=O) groups excluding carboxylic acids is 2. The summed E-state index contributed by atoms with van der Waals surface area (Å²) in [4.78, 5) is 23.8. The molecule has 3 aromatic rings. The van der Waals surface area contributed by atoms with E-state index in [1.165, 1.54) is 0 Å². The predicted octanol–water partition coefficient (Wildman–Crippen LogP) is 5.04. The number of para-hydroxylation sites is 1. The fourth-order valence-corrected chi connectivity index (χ4v) is 2.65. The minimum Gasteiger partial charge on any atom is -0.484 e. The first kappa shape index (κ1) is 19.2.